The molecule has 1 saturated carbocycles. The Bertz CT molecular complexity index is 632. The van der Waals surface area contributed by atoms with Crippen LogP contribution >= 0.6 is 0 Å². The number of halogens is 1. The van der Waals surface area contributed by atoms with Gasteiger partial charge in [-0.25, -0.2) is 0 Å². The van der Waals surface area contributed by atoms with Crippen molar-refractivity contribution in [1.82, 2.24) is 0 Å². The molecular weight excluding hydrogens is 457 g/mol. The van der Waals surface area contributed by atoms with Gasteiger partial charge in [-0.3, -0.25) is 4.21 Å². The number of ether oxygens (including phenoxy) is 1. The van der Waals surface area contributed by atoms with E-state index >= 15 is 0 Å². The van der Waals surface area contributed by atoms with Gasteiger partial charge in [-0.05, 0) is 18.4 Å². The zero-order chi connectivity index (χ0) is 17.5. The molecule has 2 heterocycles. The van der Waals surface area contributed by atoms with Crippen LogP contribution in [-0.2, 0) is 20.5 Å². The van der Waals surface area contributed by atoms with Crippen LogP contribution in [-0.4, -0.2) is 47.2 Å². The average molecular weight is 489 g/mol. The van der Waals surface area contributed by atoms with E-state index in [1.807, 2.05) is 6.07 Å². The predicted molar refractivity (Wildman–Crippen MR) is 103 cm³/mol. The number of rotatable bonds is 3. The summed E-state index contributed by atoms with van der Waals surface area (Å²) in [7, 11) is 3.67. The van der Waals surface area contributed by atoms with Gasteiger partial charge in [-0.15, -0.1) is 0 Å². The molecule has 1 aliphatic carbocycles. The molecule has 2 saturated heterocycles. The lowest BCUT2D eigenvalue weighted by Gasteiger charge is -2.40. The lowest BCUT2D eigenvalue weighted by molar-refractivity contribution is -0.905. The monoisotopic (exact) mass is 489 g/mol. The second-order valence-corrected chi connectivity index (χ2v) is 10.4. The number of hydrogen-bond donors (Lipinski definition) is 0. The fourth-order valence-corrected chi connectivity index (χ4v) is 7.58. The Hall–Kier alpha value is 0.0200. The highest BCUT2D eigenvalue weighted by atomic mass is 127. The van der Waals surface area contributed by atoms with Crippen LogP contribution in [0.3, 0.4) is 0 Å². The summed E-state index contributed by atoms with van der Waals surface area (Å²) in [6, 6.07) is 11.0. The lowest BCUT2D eigenvalue weighted by Crippen LogP contribution is -3.00. The van der Waals surface area contributed by atoms with Crippen LogP contribution in [0.4, 0.5) is 0 Å². The number of hydrogen-bond acceptors (Lipinski definition) is 2. The topological polar surface area (TPSA) is 26.3 Å². The molecule has 146 valence electrons. The summed E-state index contributed by atoms with van der Waals surface area (Å²) in [5.74, 6) is 1.10. The van der Waals surface area contributed by atoms with Gasteiger partial charge in [0, 0.05) is 18.8 Å². The molecule has 0 radical (unpaired) electrons. The molecule has 1 unspecified atom stereocenters. The molecule has 0 bridgehead atoms. The van der Waals surface area contributed by atoms with Gasteiger partial charge in [0.25, 0.3) is 0 Å². The Kier molecular flexibility index (Phi) is 6.52. The zero-order valence-electron chi connectivity index (χ0n) is 16.0. The summed E-state index contributed by atoms with van der Waals surface area (Å²) in [6.45, 7) is 1.21. The van der Waals surface area contributed by atoms with Crippen LogP contribution in [0.15, 0.2) is 30.3 Å². The van der Waals surface area contributed by atoms with E-state index < -0.39 is 15.7 Å². The summed E-state index contributed by atoms with van der Waals surface area (Å²) < 4.78 is 21.5. The molecule has 26 heavy (non-hydrogen) atoms. The summed E-state index contributed by atoms with van der Waals surface area (Å²) in [5.41, 5.74) is 1.14. The van der Waals surface area contributed by atoms with Gasteiger partial charge in [0.15, 0.2) is 4.93 Å². The van der Waals surface area contributed by atoms with Gasteiger partial charge in [0.05, 0.1) is 37.2 Å². The van der Waals surface area contributed by atoms with Gasteiger partial charge in [0.2, 0.25) is 0 Å². The molecule has 3 aliphatic rings. The molecule has 4 atom stereocenters. The molecule has 0 aromatic heterocycles. The van der Waals surface area contributed by atoms with Gasteiger partial charge in [0.1, 0.15) is 12.1 Å². The van der Waals surface area contributed by atoms with E-state index in [1.54, 1.807) is 0 Å². The fraction of sp³-hybridized carbons (Fsp3) is 0.714. The Morgan fingerprint density at radius 3 is 2.35 bits per heavy atom. The van der Waals surface area contributed by atoms with Gasteiger partial charge >= 0.3 is 0 Å². The quantitative estimate of drug-likeness (QED) is 0.464. The molecule has 2 aliphatic heterocycles. The lowest BCUT2D eigenvalue weighted by atomic mass is 9.82. The zero-order valence-corrected chi connectivity index (χ0v) is 19.0. The van der Waals surface area contributed by atoms with Crippen LogP contribution < -0.4 is 24.0 Å². The van der Waals surface area contributed by atoms with Crippen molar-refractivity contribution >= 4 is 10.8 Å². The van der Waals surface area contributed by atoms with Crippen LogP contribution in [0.25, 0.3) is 0 Å². The molecular formula is C21H32INO2S. The van der Waals surface area contributed by atoms with Gasteiger partial charge in [-0.2, -0.15) is 0 Å². The first-order valence-corrected chi connectivity index (χ1v) is 11.3. The van der Waals surface area contributed by atoms with Crippen molar-refractivity contribution < 1.29 is 37.4 Å². The maximum Gasteiger partial charge on any atom is 0.171 e. The van der Waals surface area contributed by atoms with E-state index in [9.17, 15) is 4.21 Å². The van der Waals surface area contributed by atoms with Crippen molar-refractivity contribution in [2.24, 2.45) is 5.92 Å². The van der Waals surface area contributed by atoms with Gasteiger partial charge < -0.3 is 33.2 Å². The molecule has 4 rings (SSSR count). The Morgan fingerprint density at radius 1 is 1.04 bits per heavy atom. The predicted octanol–water partition coefficient (Wildman–Crippen LogP) is 0.810. The summed E-state index contributed by atoms with van der Waals surface area (Å²) >= 11 is 0. The molecule has 3 fully saturated rings. The summed E-state index contributed by atoms with van der Waals surface area (Å²) in [6.07, 6.45) is 8.68. The number of likely N-dealkylation sites (N-methyl/N-ethyl adjacent to an activating group) is 1. The Morgan fingerprint density at radius 2 is 1.73 bits per heavy atom. The molecule has 0 amide bonds. The molecule has 0 N–H and O–H groups in total. The third-order valence-corrected chi connectivity index (χ3v) is 8.83. The van der Waals surface area contributed by atoms with E-state index in [0.29, 0.717) is 17.7 Å². The van der Waals surface area contributed by atoms with Crippen molar-refractivity contribution in [3.8, 4) is 0 Å². The highest BCUT2D eigenvalue weighted by Crippen LogP contribution is 2.50. The molecule has 1 aromatic rings. The van der Waals surface area contributed by atoms with Gasteiger partial charge in [-0.1, -0.05) is 49.6 Å². The van der Waals surface area contributed by atoms with Crippen molar-refractivity contribution in [3.63, 3.8) is 0 Å². The van der Waals surface area contributed by atoms with Crippen molar-refractivity contribution in [1.29, 1.82) is 0 Å². The van der Waals surface area contributed by atoms with E-state index in [4.69, 9.17) is 4.74 Å². The van der Waals surface area contributed by atoms with E-state index in [2.05, 4.69) is 38.4 Å². The van der Waals surface area contributed by atoms with Crippen molar-refractivity contribution in [3.05, 3.63) is 35.9 Å². The van der Waals surface area contributed by atoms with Crippen LogP contribution in [0.1, 0.15) is 50.5 Å². The first-order chi connectivity index (χ1) is 12.0. The molecule has 5 heteroatoms. The van der Waals surface area contributed by atoms with Crippen LogP contribution in [0.5, 0.6) is 0 Å². The maximum absolute atomic E-state index is 13.6. The molecule has 3 nitrogen and oxygen atoms in total. The maximum atomic E-state index is 13.6. The first kappa shape index (κ1) is 20.7. The van der Waals surface area contributed by atoms with E-state index in [1.165, 1.54) is 38.6 Å². The third-order valence-electron chi connectivity index (χ3n) is 6.86. The number of benzene rings is 1. The Labute approximate surface area is 177 Å². The standard InChI is InChI=1S/C21H32NO2S.HI/c1-22(2)15-9-14-19(22)20-16-25(23)21(24-20,17-10-5-3-6-11-17)18-12-7-4-8-13-18;/h3,5-6,10-11,18-20H,4,7-9,12-16H2,1-2H3;1H/q+1;/p-1/t19-,20+,21+,25?;/m0./s1. The summed E-state index contributed by atoms with van der Waals surface area (Å²) in [4.78, 5) is -0.574. The minimum atomic E-state index is -0.959. The second-order valence-electron chi connectivity index (χ2n) is 8.75. The van der Waals surface area contributed by atoms with Crippen molar-refractivity contribution in [2.45, 2.75) is 62.0 Å². The number of quaternary nitrogens is 1. The molecule has 0 spiro atoms. The Balaban J connectivity index is 0.00000196. The second kappa shape index (κ2) is 8.18. The highest BCUT2D eigenvalue weighted by molar-refractivity contribution is 7.86. The SMILES string of the molecule is C[N+]1(C)CCC[C@H]1[C@H]1CS(=O)[C@](c2ccccc2)(C2CCCCC2)O1.[I-]. The van der Waals surface area contributed by atoms with Crippen molar-refractivity contribution in [2.75, 3.05) is 26.4 Å². The number of nitrogens with zero attached hydrogens (tertiary/aromatic N) is 1. The average Bonchev–Trinajstić information content (AvgIpc) is 3.16. The number of likely N-dealkylation sites (tertiary alicyclic amines) is 1. The normalized spacial score (nSPS) is 37.4. The van der Waals surface area contributed by atoms with E-state index in [0.717, 1.165) is 22.9 Å². The minimum absolute atomic E-state index is 0. The molecule has 1 aromatic carbocycles. The first-order valence-electron chi connectivity index (χ1n) is 9.98. The smallest absolute Gasteiger partial charge is 0.171 e. The highest BCUT2D eigenvalue weighted by Gasteiger charge is 2.57. The third kappa shape index (κ3) is 3.53. The summed E-state index contributed by atoms with van der Waals surface area (Å²) in [5, 5.41) is 0. The largest absolute Gasteiger partial charge is 1.00 e. The van der Waals surface area contributed by atoms with Crippen LogP contribution in [0, 0.1) is 5.92 Å². The van der Waals surface area contributed by atoms with Crippen LogP contribution in [0.2, 0.25) is 0 Å². The van der Waals surface area contributed by atoms with E-state index in [-0.39, 0.29) is 30.1 Å². The minimum Gasteiger partial charge on any atom is -1.00 e. The fourth-order valence-electron chi connectivity index (χ4n) is 5.50.